The van der Waals surface area contributed by atoms with Crippen molar-refractivity contribution in [2.24, 2.45) is 0 Å². The van der Waals surface area contributed by atoms with Gasteiger partial charge in [0.1, 0.15) is 17.2 Å². The zero-order chi connectivity index (χ0) is 14.8. The van der Waals surface area contributed by atoms with E-state index in [-0.39, 0.29) is 18.4 Å². The van der Waals surface area contributed by atoms with Gasteiger partial charge in [-0.2, -0.15) is 11.8 Å². The van der Waals surface area contributed by atoms with Crippen LogP contribution in [0.4, 0.5) is 8.78 Å². The minimum atomic E-state index is -1.36. The van der Waals surface area contributed by atoms with Gasteiger partial charge in [0.2, 0.25) is 0 Å². The van der Waals surface area contributed by atoms with Gasteiger partial charge in [0, 0.05) is 11.6 Å². The summed E-state index contributed by atoms with van der Waals surface area (Å²) in [6.45, 7) is 0. The second-order valence-electron chi connectivity index (χ2n) is 4.61. The number of hydrogen-bond donors (Lipinski definition) is 2. The van der Waals surface area contributed by atoms with Crippen molar-refractivity contribution in [1.82, 2.24) is 5.32 Å². The summed E-state index contributed by atoms with van der Waals surface area (Å²) in [6.07, 6.45) is 0.576. The van der Waals surface area contributed by atoms with E-state index in [0.717, 1.165) is 12.1 Å². The normalized spacial score (nSPS) is 17.5. The maximum atomic E-state index is 13.1. The molecule has 1 aliphatic rings. The van der Waals surface area contributed by atoms with E-state index in [4.69, 9.17) is 0 Å². The number of carbonyl (C=O) groups is 2. The molecule has 20 heavy (non-hydrogen) atoms. The van der Waals surface area contributed by atoms with Crippen LogP contribution in [0.5, 0.6) is 0 Å². The number of amides is 1. The fourth-order valence-corrected chi connectivity index (χ4v) is 3.28. The third-order valence-electron chi connectivity index (χ3n) is 3.23. The molecule has 1 aromatic carbocycles. The Kier molecular flexibility index (Phi) is 4.27. The quantitative estimate of drug-likeness (QED) is 0.896. The molecule has 0 aromatic heterocycles. The molecule has 7 heteroatoms. The highest BCUT2D eigenvalue weighted by atomic mass is 32.2. The van der Waals surface area contributed by atoms with Gasteiger partial charge in [-0.1, -0.05) is 0 Å². The topological polar surface area (TPSA) is 66.4 Å². The van der Waals surface area contributed by atoms with E-state index in [9.17, 15) is 23.5 Å². The Balaban J connectivity index is 2.22. The summed E-state index contributed by atoms with van der Waals surface area (Å²) in [5.74, 6) is -2.42. The maximum Gasteiger partial charge on any atom is 0.329 e. The van der Waals surface area contributed by atoms with Crippen molar-refractivity contribution in [2.75, 3.05) is 11.5 Å². The fraction of sp³-hybridized carbons (Fsp3) is 0.385. The highest BCUT2D eigenvalue weighted by molar-refractivity contribution is 7.99. The molecule has 0 unspecified atom stereocenters. The number of halogens is 2. The highest BCUT2D eigenvalue weighted by Crippen LogP contribution is 2.27. The molecule has 1 amide bonds. The van der Waals surface area contributed by atoms with Gasteiger partial charge < -0.3 is 10.4 Å². The predicted octanol–water partition coefficient (Wildman–Crippen LogP) is 2.04. The summed E-state index contributed by atoms with van der Waals surface area (Å²) < 4.78 is 26.2. The lowest BCUT2D eigenvalue weighted by Crippen LogP contribution is -2.56. The second-order valence-corrected chi connectivity index (χ2v) is 5.84. The van der Waals surface area contributed by atoms with Crippen LogP contribution in [0.3, 0.4) is 0 Å². The van der Waals surface area contributed by atoms with Gasteiger partial charge in [0.05, 0.1) is 0 Å². The zero-order valence-corrected chi connectivity index (χ0v) is 11.3. The summed E-state index contributed by atoms with van der Waals surface area (Å²) in [7, 11) is 0. The molecule has 1 saturated heterocycles. The van der Waals surface area contributed by atoms with Gasteiger partial charge in [-0.25, -0.2) is 13.6 Å². The summed E-state index contributed by atoms with van der Waals surface area (Å²) in [5.41, 5.74) is -1.58. The van der Waals surface area contributed by atoms with E-state index >= 15 is 0 Å². The number of carboxylic acid groups (broad SMARTS) is 1. The summed E-state index contributed by atoms with van der Waals surface area (Å²) in [6, 6.07) is 2.41. The molecule has 1 heterocycles. The lowest BCUT2D eigenvalue weighted by atomic mass is 9.92. The third kappa shape index (κ3) is 3.09. The van der Waals surface area contributed by atoms with Crippen LogP contribution in [0, 0.1) is 11.6 Å². The molecule has 0 radical (unpaired) electrons. The Morgan fingerprint density at radius 1 is 1.15 bits per heavy atom. The number of rotatable bonds is 3. The molecule has 108 valence electrons. The van der Waals surface area contributed by atoms with E-state index in [1.807, 2.05) is 0 Å². The molecule has 0 atom stereocenters. The van der Waals surface area contributed by atoms with Crippen LogP contribution in [-0.2, 0) is 4.79 Å². The molecule has 0 saturated carbocycles. The van der Waals surface area contributed by atoms with E-state index < -0.39 is 29.0 Å². The van der Waals surface area contributed by atoms with Gasteiger partial charge in [0.25, 0.3) is 5.91 Å². The van der Waals surface area contributed by atoms with Crippen molar-refractivity contribution < 1.29 is 23.5 Å². The first-order valence-electron chi connectivity index (χ1n) is 6.03. The summed E-state index contributed by atoms with van der Waals surface area (Å²) in [4.78, 5) is 23.4. The molecule has 0 bridgehead atoms. The smallest absolute Gasteiger partial charge is 0.329 e. The maximum absolute atomic E-state index is 13.1. The van der Waals surface area contributed by atoms with Gasteiger partial charge >= 0.3 is 5.97 Å². The Morgan fingerprint density at radius 2 is 1.70 bits per heavy atom. The van der Waals surface area contributed by atoms with Crippen LogP contribution in [0.1, 0.15) is 23.2 Å². The number of carboxylic acids is 1. The predicted molar refractivity (Wildman–Crippen MR) is 70.8 cm³/mol. The van der Waals surface area contributed by atoms with Crippen molar-refractivity contribution in [3.05, 3.63) is 35.4 Å². The number of hydrogen-bond acceptors (Lipinski definition) is 3. The molecule has 1 aromatic rings. The number of aliphatic carboxylic acids is 1. The van der Waals surface area contributed by atoms with Crippen LogP contribution in [-0.4, -0.2) is 34.0 Å². The van der Waals surface area contributed by atoms with Crippen LogP contribution in [0.25, 0.3) is 0 Å². The van der Waals surface area contributed by atoms with Gasteiger partial charge in [-0.05, 0) is 36.5 Å². The van der Waals surface area contributed by atoms with Gasteiger partial charge in [-0.15, -0.1) is 0 Å². The lowest BCUT2D eigenvalue weighted by molar-refractivity contribution is -0.144. The van der Waals surface area contributed by atoms with E-state index in [1.165, 1.54) is 0 Å². The standard InChI is InChI=1S/C13H13F2NO3S/c14-9-5-8(6-10(15)7-9)11(17)16-13(12(18)19)1-3-20-4-2-13/h5-7H,1-4H2,(H,16,17)(H,18,19). The lowest BCUT2D eigenvalue weighted by Gasteiger charge is -2.33. The van der Waals surface area contributed by atoms with Gasteiger partial charge in [0.15, 0.2) is 0 Å². The van der Waals surface area contributed by atoms with E-state index in [1.54, 1.807) is 11.8 Å². The number of benzene rings is 1. The van der Waals surface area contributed by atoms with E-state index in [0.29, 0.717) is 17.6 Å². The number of nitrogens with one attached hydrogen (secondary N) is 1. The average molecular weight is 301 g/mol. The van der Waals surface area contributed by atoms with Crippen LogP contribution in [0.15, 0.2) is 18.2 Å². The highest BCUT2D eigenvalue weighted by Gasteiger charge is 2.41. The molecule has 2 N–H and O–H groups in total. The van der Waals surface area contributed by atoms with Crippen molar-refractivity contribution >= 4 is 23.6 Å². The average Bonchev–Trinajstić information content (AvgIpc) is 2.38. The first-order valence-corrected chi connectivity index (χ1v) is 7.18. The molecular formula is C13H13F2NO3S. The van der Waals surface area contributed by atoms with Crippen molar-refractivity contribution in [2.45, 2.75) is 18.4 Å². The first-order chi connectivity index (χ1) is 9.43. The van der Waals surface area contributed by atoms with E-state index in [2.05, 4.69) is 5.32 Å². The molecular weight excluding hydrogens is 288 g/mol. The Labute approximate surface area is 118 Å². The monoisotopic (exact) mass is 301 g/mol. The minimum Gasteiger partial charge on any atom is -0.480 e. The van der Waals surface area contributed by atoms with Crippen LogP contribution < -0.4 is 5.32 Å². The number of thioether (sulfide) groups is 1. The third-order valence-corrected chi connectivity index (χ3v) is 4.22. The first kappa shape index (κ1) is 14.8. The molecule has 0 aliphatic carbocycles. The van der Waals surface area contributed by atoms with Crippen LogP contribution in [0.2, 0.25) is 0 Å². The second kappa shape index (κ2) is 5.78. The fourth-order valence-electron chi connectivity index (χ4n) is 2.09. The minimum absolute atomic E-state index is 0.221. The molecule has 1 aliphatic heterocycles. The zero-order valence-electron chi connectivity index (χ0n) is 10.5. The van der Waals surface area contributed by atoms with Crippen molar-refractivity contribution in [3.8, 4) is 0 Å². The Bertz CT molecular complexity index is 524. The SMILES string of the molecule is O=C(NC1(C(=O)O)CCSCC1)c1cc(F)cc(F)c1. The summed E-state index contributed by atoms with van der Waals surface area (Å²) >= 11 is 1.61. The molecule has 1 fully saturated rings. The Hall–Kier alpha value is -1.63. The molecule has 0 spiro atoms. The Morgan fingerprint density at radius 3 is 2.20 bits per heavy atom. The van der Waals surface area contributed by atoms with Crippen molar-refractivity contribution in [1.29, 1.82) is 0 Å². The molecule has 2 rings (SSSR count). The summed E-state index contributed by atoms with van der Waals surface area (Å²) in [5, 5.41) is 11.7. The number of carbonyl (C=O) groups excluding carboxylic acids is 1. The molecule has 4 nitrogen and oxygen atoms in total. The van der Waals surface area contributed by atoms with Gasteiger partial charge in [-0.3, -0.25) is 4.79 Å². The van der Waals surface area contributed by atoms with Crippen molar-refractivity contribution in [3.63, 3.8) is 0 Å². The van der Waals surface area contributed by atoms with Crippen LogP contribution >= 0.6 is 11.8 Å². The largest absolute Gasteiger partial charge is 0.480 e.